The maximum atomic E-state index is 12.1. The number of nitrogens with zero attached hydrogens (tertiary/aromatic N) is 1. The molecule has 0 spiro atoms. The highest BCUT2D eigenvalue weighted by molar-refractivity contribution is 5.81. The third-order valence-corrected chi connectivity index (χ3v) is 5.09. The Morgan fingerprint density at radius 1 is 1.20 bits per heavy atom. The highest BCUT2D eigenvalue weighted by atomic mass is 16.5. The number of nitrogens with one attached hydrogen (secondary N) is 3. The molecule has 30 heavy (non-hydrogen) atoms. The van der Waals surface area contributed by atoms with E-state index in [4.69, 9.17) is 9.47 Å². The van der Waals surface area contributed by atoms with Crippen molar-refractivity contribution in [2.24, 2.45) is 4.99 Å². The van der Waals surface area contributed by atoms with E-state index >= 15 is 0 Å². The van der Waals surface area contributed by atoms with Crippen molar-refractivity contribution in [2.75, 3.05) is 33.4 Å². The summed E-state index contributed by atoms with van der Waals surface area (Å²) < 4.78 is 11.0. The monoisotopic (exact) mass is 418 g/mol. The van der Waals surface area contributed by atoms with Crippen molar-refractivity contribution in [1.82, 2.24) is 16.0 Å². The Balaban J connectivity index is 1.86. The summed E-state index contributed by atoms with van der Waals surface area (Å²) in [5.41, 5.74) is 2.19. The van der Waals surface area contributed by atoms with Crippen LogP contribution in [0.4, 0.5) is 0 Å². The third-order valence-electron chi connectivity index (χ3n) is 5.09. The number of hydrogen-bond acceptors (Lipinski definition) is 4. The number of amides is 1. The van der Waals surface area contributed by atoms with E-state index in [-0.39, 0.29) is 5.91 Å². The number of aryl methyl sites for hydroxylation is 1. The molecule has 7 nitrogen and oxygen atoms in total. The molecule has 0 aromatic heterocycles. The first-order valence-electron chi connectivity index (χ1n) is 11.1. The highest BCUT2D eigenvalue weighted by Gasteiger charge is 2.16. The summed E-state index contributed by atoms with van der Waals surface area (Å²) in [6.07, 6.45) is 5.94. The molecular formula is C23H38N4O3. The molecule has 0 unspecified atom stereocenters. The lowest BCUT2D eigenvalue weighted by Crippen LogP contribution is -2.40. The Hall–Kier alpha value is -2.28. The van der Waals surface area contributed by atoms with Gasteiger partial charge in [0.2, 0.25) is 5.91 Å². The lowest BCUT2D eigenvalue weighted by atomic mass is 10.1. The van der Waals surface area contributed by atoms with Gasteiger partial charge in [-0.3, -0.25) is 4.79 Å². The minimum Gasteiger partial charge on any atom is -0.493 e. The van der Waals surface area contributed by atoms with Crippen molar-refractivity contribution in [3.8, 4) is 5.75 Å². The maximum absolute atomic E-state index is 12.1. The number of benzene rings is 1. The Labute approximate surface area is 181 Å². The van der Waals surface area contributed by atoms with E-state index in [1.807, 2.05) is 13.0 Å². The zero-order chi connectivity index (χ0) is 21.6. The predicted molar refractivity (Wildman–Crippen MR) is 121 cm³/mol. The third kappa shape index (κ3) is 9.03. The average molecular weight is 419 g/mol. The molecule has 0 heterocycles. The molecule has 168 valence electrons. The quantitative estimate of drug-likeness (QED) is 0.276. The van der Waals surface area contributed by atoms with Gasteiger partial charge in [0.25, 0.3) is 0 Å². The molecule has 2 rings (SSSR count). The van der Waals surface area contributed by atoms with Crippen LogP contribution in [0.1, 0.15) is 56.6 Å². The van der Waals surface area contributed by atoms with E-state index in [0.717, 1.165) is 42.7 Å². The molecule has 1 aromatic rings. The number of methoxy groups -OCH3 is 1. The second-order valence-electron chi connectivity index (χ2n) is 7.73. The molecule has 1 aromatic carbocycles. The maximum Gasteiger partial charge on any atom is 0.221 e. The summed E-state index contributed by atoms with van der Waals surface area (Å²) in [4.78, 5) is 16.8. The number of rotatable bonds is 12. The van der Waals surface area contributed by atoms with Crippen LogP contribution in [0.15, 0.2) is 23.2 Å². The first-order chi connectivity index (χ1) is 14.6. The van der Waals surface area contributed by atoms with Crippen LogP contribution in [0.2, 0.25) is 0 Å². The topological polar surface area (TPSA) is 84.0 Å². The van der Waals surface area contributed by atoms with Crippen molar-refractivity contribution < 1.29 is 14.3 Å². The highest BCUT2D eigenvalue weighted by Crippen LogP contribution is 2.21. The smallest absolute Gasteiger partial charge is 0.221 e. The van der Waals surface area contributed by atoms with Gasteiger partial charge in [0.1, 0.15) is 5.75 Å². The van der Waals surface area contributed by atoms with Crippen molar-refractivity contribution in [2.45, 2.75) is 65.0 Å². The van der Waals surface area contributed by atoms with Crippen LogP contribution in [-0.2, 0) is 16.1 Å². The summed E-state index contributed by atoms with van der Waals surface area (Å²) in [6, 6.07) is 6.54. The van der Waals surface area contributed by atoms with Gasteiger partial charge in [-0.15, -0.1) is 0 Å². The van der Waals surface area contributed by atoms with Crippen LogP contribution < -0.4 is 20.7 Å². The van der Waals surface area contributed by atoms with Gasteiger partial charge in [0.05, 0.1) is 13.2 Å². The minimum atomic E-state index is 0.107. The second kappa shape index (κ2) is 13.9. The van der Waals surface area contributed by atoms with Gasteiger partial charge < -0.3 is 25.4 Å². The van der Waals surface area contributed by atoms with Crippen LogP contribution in [0, 0.1) is 6.92 Å². The number of carbonyl (C=O) groups excluding carboxylic acids is 1. The molecule has 1 fully saturated rings. The molecular weight excluding hydrogens is 380 g/mol. The minimum absolute atomic E-state index is 0.107. The average Bonchev–Trinajstić information content (AvgIpc) is 3.23. The lowest BCUT2D eigenvalue weighted by molar-refractivity contribution is -0.121. The van der Waals surface area contributed by atoms with Crippen LogP contribution in [0.5, 0.6) is 5.75 Å². The molecule has 1 aliphatic rings. The molecule has 0 bridgehead atoms. The fraction of sp³-hybridized carbons (Fsp3) is 0.652. The van der Waals surface area contributed by atoms with Crippen molar-refractivity contribution in [1.29, 1.82) is 0 Å². The second-order valence-corrected chi connectivity index (χ2v) is 7.73. The van der Waals surface area contributed by atoms with Gasteiger partial charge in [-0.25, -0.2) is 4.99 Å². The number of aliphatic imine (C=N–C) groups is 1. The number of hydrogen-bond donors (Lipinski definition) is 3. The van der Waals surface area contributed by atoms with Crippen LogP contribution >= 0.6 is 0 Å². The van der Waals surface area contributed by atoms with Gasteiger partial charge >= 0.3 is 0 Å². The van der Waals surface area contributed by atoms with Gasteiger partial charge in [-0.1, -0.05) is 25.0 Å². The molecule has 0 saturated heterocycles. The zero-order valence-corrected chi connectivity index (χ0v) is 18.8. The van der Waals surface area contributed by atoms with Gasteiger partial charge in [-0.05, 0) is 38.3 Å². The summed E-state index contributed by atoms with van der Waals surface area (Å²) in [7, 11) is 1.69. The van der Waals surface area contributed by atoms with E-state index in [1.165, 1.54) is 12.8 Å². The van der Waals surface area contributed by atoms with E-state index in [9.17, 15) is 4.79 Å². The van der Waals surface area contributed by atoms with E-state index in [2.05, 4.69) is 40.0 Å². The molecule has 0 radical (unpaired) electrons. The summed E-state index contributed by atoms with van der Waals surface area (Å²) in [5, 5.41) is 9.62. The van der Waals surface area contributed by atoms with E-state index in [0.29, 0.717) is 44.7 Å². The Morgan fingerprint density at radius 3 is 2.73 bits per heavy atom. The number of carbonyl (C=O) groups is 1. The van der Waals surface area contributed by atoms with Crippen molar-refractivity contribution >= 4 is 11.9 Å². The van der Waals surface area contributed by atoms with E-state index in [1.54, 1.807) is 7.11 Å². The molecule has 0 atom stereocenters. The van der Waals surface area contributed by atoms with Crippen molar-refractivity contribution in [3.05, 3.63) is 29.3 Å². The predicted octanol–water partition coefficient (Wildman–Crippen LogP) is 2.91. The largest absolute Gasteiger partial charge is 0.493 e. The van der Waals surface area contributed by atoms with Crippen LogP contribution in [-0.4, -0.2) is 51.3 Å². The summed E-state index contributed by atoms with van der Waals surface area (Å²) >= 11 is 0. The Bertz CT molecular complexity index is 672. The van der Waals surface area contributed by atoms with E-state index < -0.39 is 0 Å². The standard InChI is InChI=1S/C23H38N4O3/c1-4-24-23(25-13-12-22(28)27-20-8-5-6-9-20)26-17-19-11-10-18(2)16-21(19)30-15-7-14-29-3/h10-11,16,20H,4-9,12-15,17H2,1-3H3,(H,27,28)(H2,24,25,26). The number of ether oxygens (including phenoxy) is 2. The lowest BCUT2D eigenvalue weighted by Gasteiger charge is -2.15. The molecule has 3 N–H and O–H groups in total. The SMILES string of the molecule is CCNC(=NCc1ccc(C)cc1OCCCOC)NCCC(=O)NC1CCCC1. The first kappa shape index (κ1) is 24.0. The Kier molecular flexibility index (Phi) is 11.1. The van der Waals surface area contributed by atoms with Gasteiger partial charge in [0.15, 0.2) is 5.96 Å². The van der Waals surface area contributed by atoms with Crippen molar-refractivity contribution in [3.63, 3.8) is 0 Å². The molecule has 1 saturated carbocycles. The fourth-order valence-corrected chi connectivity index (χ4v) is 3.48. The zero-order valence-electron chi connectivity index (χ0n) is 18.8. The van der Waals surface area contributed by atoms with Crippen LogP contribution in [0.25, 0.3) is 0 Å². The molecule has 0 aliphatic heterocycles. The summed E-state index contributed by atoms with van der Waals surface area (Å²) in [5.74, 6) is 1.68. The van der Waals surface area contributed by atoms with Gasteiger partial charge in [-0.2, -0.15) is 0 Å². The summed E-state index contributed by atoms with van der Waals surface area (Å²) in [6.45, 7) is 7.19. The van der Waals surface area contributed by atoms with Gasteiger partial charge in [0, 0.05) is 51.3 Å². The first-order valence-corrected chi connectivity index (χ1v) is 11.1. The molecule has 7 heteroatoms. The normalized spacial score (nSPS) is 14.6. The molecule has 1 aliphatic carbocycles. The van der Waals surface area contributed by atoms with Crippen LogP contribution in [0.3, 0.4) is 0 Å². The fourth-order valence-electron chi connectivity index (χ4n) is 3.48. The number of guanidine groups is 1. The molecule has 1 amide bonds. The Morgan fingerprint density at radius 2 is 2.00 bits per heavy atom.